The van der Waals surface area contributed by atoms with Crippen LogP contribution in [-0.2, 0) is 6.42 Å². The molecule has 0 bridgehead atoms. The number of amides is 1. The van der Waals surface area contributed by atoms with Gasteiger partial charge < -0.3 is 14.6 Å². The summed E-state index contributed by atoms with van der Waals surface area (Å²) in [4.78, 5) is 14.1. The van der Waals surface area contributed by atoms with Gasteiger partial charge in [-0.05, 0) is 25.5 Å². The zero-order valence-corrected chi connectivity index (χ0v) is 12.0. The van der Waals surface area contributed by atoms with E-state index in [4.69, 9.17) is 4.42 Å². The topological polar surface area (TPSA) is 45.5 Å². The van der Waals surface area contributed by atoms with Crippen molar-refractivity contribution < 1.29 is 9.21 Å². The predicted octanol–water partition coefficient (Wildman–Crippen LogP) is 2.01. The molecule has 2 heterocycles. The number of nitrogens with one attached hydrogen (secondary N) is 1. The first kappa shape index (κ1) is 15.1. The quantitative estimate of drug-likeness (QED) is 0.896. The zero-order valence-electron chi connectivity index (χ0n) is 11.2. The average molecular weight is 273 g/mol. The number of nitrogens with zero attached hydrogens (tertiary/aromatic N) is 1. The molecule has 1 aromatic heterocycles. The first-order valence-corrected chi connectivity index (χ1v) is 6.23. The van der Waals surface area contributed by atoms with E-state index in [0.29, 0.717) is 11.8 Å². The molecule has 0 radical (unpaired) electrons. The van der Waals surface area contributed by atoms with Crippen molar-refractivity contribution in [3.63, 3.8) is 0 Å². The molecule has 1 saturated heterocycles. The summed E-state index contributed by atoms with van der Waals surface area (Å²) in [5.74, 6) is 1.41. The molecule has 0 saturated carbocycles. The molecule has 0 aromatic carbocycles. The Morgan fingerprint density at radius 1 is 1.61 bits per heavy atom. The zero-order chi connectivity index (χ0) is 12.4. The van der Waals surface area contributed by atoms with Crippen LogP contribution in [0.5, 0.6) is 0 Å². The van der Waals surface area contributed by atoms with Gasteiger partial charge in [-0.1, -0.05) is 6.92 Å². The second-order valence-corrected chi connectivity index (χ2v) is 4.68. The summed E-state index contributed by atoms with van der Waals surface area (Å²) in [6, 6.07) is 2.21. The van der Waals surface area contributed by atoms with E-state index in [1.165, 1.54) is 0 Å². The minimum atomic E-state index is 0. The summed E-state index contributed by atoms with van der Waals surface area (Å²) < 4.78 is 5.60. The highest BCUT2D eigenvalue weighted by molar-refractivity contribution is 5.92. The van der Waals surface area contributed by atoms with E-state index in [2.05, 4.69) is 12.2 Å². The van der Waals surface area contributed by atoms with Gasteiger partial charge in [0.1, 0.15) is 5.76 Å². The fourth-order valence-electron chi connectivity index (χ4n) is 2.25. The van der Waals surface area contributed by atoms with Gasteiger partial charge in [0.05, 0.1) is 0 Å². The van der Waals surface area contributed by atoms with Crippen LogP contribution in [0.4, 0.5) is 0 Å². The SMILES string of the molecule is CCc1oc(C(=O)N2CCNC(C)C2)cc1C.Cl. The molecule has 1 unspecified atom stereocenters. The Balaban J connectivity index is 0.00000162. The van der Waals surface area contributed by atoms with Crippen LogP contribution >= 0.6 is 12.4 Å². The minimum absolute atomic E-state index is 0. The van der Waals surface area contributed by atoms with Gasteiger partial charge in [-0.3, -0.25) is 4.79 Å². The maximum atomic E-state index is 12.2. The molecule has 1 N–H and O–H groups in total. The van der Waals surface area contributed by atoms with Crippen LogP contribution < -0.4 is 5.32 Å². The molecule has 1 aromatic rings. The number of carbonyl (C=O) groups excluding carboxylic acids is 1. The standard InChI is InChI=1S/C13H20N2O2.ClH/c1-4-11-9(2)7-12(17-11)13(16)15-6-5-14-10(3)8-15;/h7,10,14H,4-6,8H2,1-3H3;1H. The lowest BCUT2D eigenvalue weighted by molar-refractivity contribution is 0.0675. The molecule has 4 nitrogen and oxygen atoms in total. The minimum Gasteiger partial charge on any atom is -0.456 e. The number of aryl methyl sites for hydroxylation is 2. The molecule has 1 atom stereocenters. The smallest absolute Gasteiger partial charge is 0.289 e. The van der Waals surface area contributed by atoms with E-state index < -0.39 is 0 Å². The molecular formula is C13H21ClN2O2. The van der Waals surface area contributed by atoms with Crippen molar-refractivity contribution in [3.05, 3.63) is 23.2 Å². The number of hydrogen-bond acceptors (Lipinski definition) is 3. The monoisotopic (exact) mass is 272 g/mol. The number of carbonyl (C=O) groups is 1. The van der Waals surface area contributed by atoms with Crippen LogP contribution in [0.15, 0.2) is 10.5 Å². The highest BCUT2D eigenvalue weighted by Gasteiger charge is 2.24. The van der Waals surface area contributed by atoms with Gasteiger partial charge in [0.15, 0.2) is 5.76 Å². The van der Waals surface area contributed by atoms with Gasteiger partial charge in [0.25, 0.3) is 5.91 Å². The van der Waals surface area contributed by atoms with Crippen LogP contribution in [-0.4, -0.2) is 36.5 Å². The molecule has 1 amide bonds. The van der Waals surface area contributed by atoms with E-state index in [0.717, 1.165) is 37.4 Å². The molecule has 2 rings (SSSR count). The molecular weight excluding hydrogens is 252 g/mol. The average Bonchev–Trinajstić information content (AvgIpc) is 2.69. The summed E-state index contributed by atoms with van der Waals surface area (Å²) in [7, 11) is 0. The molecule has 18 heavy (non-hydrogen) atoms. The van der Waals surface area contributed by atoms with Crippen LogP contribution in [0.2, 0.25) is 0 Å². The lowest BCUT2D eigenvalue weighted by atomic mass is 10.2. The molecule has 1 fully saturated rings. The highest BCUT2D eigenvalue weighted by Crippen LogP contribution is 2.17. The largest absolute Gasteiger partial charge is 0.456 e. The Kier molecular flexibility index (Phi) is 5.23. The van der Waals surface area contributed by atoms with E-state index in [1.54, 1.807) is 0 Å². The predicted molar refractivity (Wildman–Crippen MR) is 73.4 cm³/mol. The normalized spacial score (nSPS) is 19.5. The van der Waals surface area contributed by atoms with Gasteiger partial charge in [-0.2, -0.15) is 0 Å². The van der Waals surface area contributed by atoms with E-state index in [1.807, 2.05) is 24.8 Å². The van der Waals surface area contributed by atoms with Gasteiger partial charge in [-0.25, -0.2) is 0 Å². The summed E-state index contributed by atoms with van der Waals surface area (Å²) in [6.45, 7) is 8.47. The molecule has 1 aliphatic rings. The van der Waals surface area contributed by atoms with Crippen molar-refractivity contribution in [2.45, 2.75) is 33.2 Å². The lowest BCUT2D eigenvalue weighted by Crippen LogP contribution is -2.51. The van der Waals surface area contributed by atoms with Crippen molar-refractivity contribution in [1.82, 2.24) is 10.2 Å². The molecule has 0 aliphatic carbocycles. The first-order valence-electron chi connectivity index (χ1n) is 6.23. The molecule has 0 spiro atoms. The van der Waals surface area contributed by atoms with Crippen LogP contribution in [0.25, 0.3) is 0 Å². The molecule has 5 heteroatoms. The fourth-order valence-corrected chi connectivity index (χ4v) is 2.25. The number of hydrogen-bond donors (Lipinski definition) is 1. The van der Waals surface area contributed by atoms with Crippen molar-refractivity contribution >= 4 is 18.3 Å². The number of furan rings is 1. The summed E-state index contributed by atoms with van der Waals surface area (Å²) in [6.07, 6.45) is 0.830. The van der Waals surface area contributed by atoms with Crippen molar-refractivity contribution in [2.75, 3.05) is 19.6 Å². The summed E-state index contributed by atoms with van der Waals surface area (Å²) in [5, 5.41) is 3.32. The number of halogens is 1. The Bertz CT molecular complexity index is 417. The third kappa shape index (κ3) is 3.06. The van der Waals surface area contributed by atoms with Gasteiger partial charge in [0.2, 0.25) is 0 Å². The van der Waals surface area contributed by atoms with Crippen molar-refractivity contribution in [1.29, 1.82) is 0 Å². The Morgan fingerprint density at radius 3 is 2.89 bits per heavy atom. The van der Waals surface area contributed by atoms with Gasteiger partial charge in [-0.15, -0.1) is 12.4 Å². The lowest BCUT2D eigenvalue weighted by Gasteiger charge is -2.31. The van der Waals surface area contributed by atoms with Crippen molar-refractivity contribution in [3.8, 4) is 0 Å². The van der Waals surface area contributed by atoms with E-state index in [9.17, 15) is 4.79 Å². The number of rotatable bonds is 2. The van der Waals surface area contributed by atoms with Gasteiger partial charge >= 0.3 is 0 Å². The van der Waals surface area contributed by atoms with E-state index in [-0.39, 0.29) is 18.3 Å². The maximum absolute atomic E-state index is 12.2. The second kappa shape index (κ2) is 6.25. The molecule has 102 valence electrons. The fraction of sp³-hybridized carbons (Fsp3) is 0.615. The van der Waals surface area contributed by atoms with Crippen LogP contribution in [0.3, 0.4) is 0 Å². The highest BCUT2D eigenvalue weighted by atomic mass is 35.5. The Hall–Kier alpha value is -1.00. The van der Waals surface area contributed by atoms with Crippen molar-refractivity contribution in [2.24, 2.45) is 0 Å². The first-order chi connectivity index (χ1) is 8.11. The van der Waals surface area contributed by atoms with E-state index >= 15 is 0 Å². The third-order valence-electron chi connectivity index (χ3n) is 3.21. The Labute approximate surface area is 114 Å². The Morgan fingerprint density at radius 2 is 2.33 bits per heavy atom. The molecule has 1 aliphatic heterocycles. The van der Waals surface area contributed by atoms with Gasteiger partial charge in [0, 0.05) is 32.1 Å². The maximum Gasteiger partial charge on any atom is 0.289 e. The summed E-state index contributed by atoms with van der Waals surface area (Å²) in [5.41, 5.74) is 1.07. The second-order valence-electron chi connectivity index (χ2n) is 4.68. The van der Waals surface area contributed by atoms with Crippen LogP contribution in [0, 0.1) is 6.92 Å². The number of piperazine rings is 1. The third-order valence-corrected chi connectivity index (χ3v) is 3.21. The summed E-state index contributed by atoms with van der Waals surface area (Å²) >= 11 is 0. The van der Waals surface area contributed by atoms with Crippen LogP contribution in [0.1, 0.15) is 35.7 Å².